The van der Waals surface area contributed by atoms with E-state index in [1.54, 1.807) is 12.4 Å². The van der Waals surface area contributed by atoms with Gasteiger partial charge in [0.05, 0.1) is 24.9 Å². The summed E-state index contributed by atoms with van der Waals surface area (Å²) in [7, 11) is 0. The van der Waals surface area contributed by atoms with Gasteiger partial charge in [0, 0.05) is 30.9 Å². The van der Waals surface area contributed by atoms with Crippen molar-refractivity contribution in [1.29, 1.82) is 0 Å². The van der Waals surface area contributed by atoms with E-state index in [0.29, 0.717) is 46.7 Å². The number of ether oxygens (including phenoxy) is 2. The molecule has 5 rings (SSSR count). The number of hydrogen-bond acceptors (Lipinski definition) is 7. The standard InChI is InChI=1S/C22H22N4O4/c1-15(25-7-9-28-10-8-25)29-17-4-5-21-18(12-17)19(24-27)13-22(30-21)20-11-16-3-2-6-26(16)14-23-20/h2-6,11-15,27H,7-10H2,1H3/b24-19+. The molecule has 4 aromatic rings. The first-order valence-corrected chi connectivity index (χ1v) is 9.89. The van der Waals surface area contributed by atoms with Gasteiger partial charge in [-0.3, -0.25) is 4.90 Å². The summed E-state index contributed by atoms with van der Waals surface area (Å²) >= 11 is 0. The van der Waals surface area contributed by atoms with Gasteiger partial charge in [-0.25, -0.2) is 4.98 Å². The molecule has 1 aliphatic heterocycles. The fourth-order valence-corrected chi connectivity index (χ4v) is 3.71. The van der Waals surface area contributed by atoms with Gasteiger partial charge in [-0.15, -0.1) is 0 Å². The number of aromatic nitrogens is 2. The van der Waals surface area contributed by atoms with Crippen LogP contribution in [0.3, 0.4) is 0 Å². The molecular weight excluding hydrogens is 384 g/mol. The Balaban J connectivity index is 1.49. The molecule has 154 valence electrons. The molecule has 1 N–H and O–H groups in total. The molecule has 8 nitrogen and oxygen atoms in total. The number of rotatable bonds is 4. The Morgan fingerprint density at radius 2 is 2.03 bits per heavy atom. The van der Waals surface area contributed by atoms with Crippen LogP contribution in [0.2, 0.25) is 0 Å². The van der Waals surface area contributed by atoms with Crippen molar-refractivity contribution in [2.45, 2.75) is 13.2 Å². The van der Waals surface area contributed by atoms with Gasteiger partial charge >= 0.3 is 0 Å². The van der Waals surface area contributed by atoms with Crippen molar-refractivity contribution < 1.29 is 19.1 Å². The van der Waals surface area contributed by atoms with Crippen LogP contribution in [0, 0.1) is 0 Å². The Morgan fingerprint density at radius 3 is 2.87 bits per heavy atom. The molecule has 1 aliphatic rings. The zero-order chi connectivity index (χ0) is 20.5. The average molecular weight is 406 g/mol. The van der Waals surface area contributed by atoms with E-state index < -0.39 is 0 Å². The fourth-order valence-electron chi connectivity index (χ4n) is 3.71. The van der Waals surface area contributed by atoms with Crippen LogP contribution in [0.1, 0.15) is 6.92 Å². The lowest BCUT2D eigenvalue weighted by atomic mass is 10.2. The summed E-state index contributed by atoms with van der Waals surface area (Å²) in [5.41, 5.74) is 2.25. The summed E-state index contributed by atoms with van der Waals surface area (Å²) in [4.78, 5) is 6.67. The zero-order valence-electron chi connectivity index (χ0n) is 16.6. The van der Waals surface area contributed by atoms with Crippen molar-refractivity contribution in [2.75, 3.05) is 26.3 Å². The third-order valence-electron chi connectivity index (χ3n) is 5.36. The normalized spacial score (nSPS) is 16.9. The molecule has 8 heteroatoms. The monoisotopic (exact) mass is 406 g/mol. The average Bonchev–Trinajstić information content (AvgIpc) is 3.27. The second-order valence-electron chi connectivity index (χ2n) is 7.23. The first kappa shape index (κ1) is 18.7. The van der Waals surface area contributed by atoms with Crippen molar-refractivity contribution in [3.05, 3.63) is 60.3 Å². The van der Waals surface area contributed by atoms with E-state index in [4.69, 9.17) is 13.9 Å². The number of hydrogen-bond donors (Lipinski definition) is 1. The van der Waals surface area contributed by atoms with Crippen LogP contribution < -0.4 is 10.1 Å². The molecule has 1 aromatic carbocycles. The van der Waals surface area contributed by atoms with Gasteiger partial charge in [0.1, 0.15) is 28.6 Å². The van der Waals surface area contributed by atoms with E-state index in [1.807, 2.05) is 53.9 Å². The number of fused-ring (bicyclic) bond motifs is 2. The van der Waals surface area contributed by atoms with E-state index in [0.717, 1.165) is 18.6 Å². The second kappa shape index (κ2) is 7.81. The first-order valence-electron chi connectivity index (χ1n) is 9.89. The van der Waals surface area contributed by atoms with Crippen LogP contribution in [-0.2, 0) is 4.74 Å². The highest BCUT2D eigenvalue weighted by Gasteiger charge is 2.18. The molecule has 1 atom stereocenters. The Hall–Kier alpha value is -3.36. The summed E-state index contributed by atoms with van der Waals surface area (Å²) in [6.45, 7) is 5.12. The molecule has 0 radical (unpaired) electrons. The van der Waals surface area contributed by atoms with Crippen LogP contribution in [0.25, 0.3) is 27.9 Å². The van der Waals surface area contributed by atoms with Gasteiger partial charge in [-0.05, 0) is 43.3 Å². The van der Waals surface area contributed by atoms with Gasteiger partial charge in [0.15, 0.2) is 5.76 Å². The highest BCUT2D eigenvalue weighted by atomic mass is 16.5. The molecule has 1 saturated heterocycles. The smallest absolute Gasteiger partial charge is 0.155 e. The zero-order valence-corrected chi connectivity index (χ0v) is 16.6. The van der Waals surface area contributed by atoms with Gasteiger partial charge in [-0.2, -0.15) is 0 Å². The lowest BCUT2D eigenvalue weighted by Gasteiger charge is -2.32. The topological polar surface area (TPSA) is 84.7 Å². The number of nitrogens with zero attached hydrogens (tertiary/aromatic N) is 4. The maximum Gasteiger partial charge on any atom is 0.155 e. The van der Waals surface area contributed by atoms with Crippen molar-refractivity contribution in [3.8, 4) is 17.2 Å². The van der Waals surface area contributed by atoms with Crippen molar-refractivity contribution in [2.24, 2.45) is 5.16 Å². The van der Waals surface area contributed by atoms with Gasteiger partial charge < -0.3 is 23.5 Å². The highest BCUT2D eigenvalue weighted by molar-refractivity contribution is 5.80. The minimum atomic E-state index is -0.0879. The van der Waals surface area contributed by atoms with E-state index in [2.05, 4.69) is 15.0 Å². The molecule has 1 unspecified atom stereocenters. The molecule has 0 saturated carbocycles. The minimum Gasteiger partial charge on any atom is -0.475 e. The highest BCUT2D eigenvalue weighted by Crippen LogP contribution is 2.25. The quantitative estimate of drug-likeness (QED) is 0.414. The first-order chi connectivity index (χ1) is 14.7. The lowest BCUT2D eigenvalue weighted by Crippen LogP contribution is -2.44. The van der Waals surface area contributed by atoms with Crippen LogP contribution in [0.4, 0.5) is 0 Å². The van der Waals surface area contributed by atoms with Crippen molar-refractivity contribution in [3.63, 3.8) is 0 Å². The number of morpholine rings is 1. The third kappa shape index (κ3) is 3.51. The SMILES string of the molecule is CC(Oc1ccc2oc(-c3cc4cccn4cn3)c/c(=N\O)c2c1)N1CCOCC1. The van der Waals surface area contributed by atoms with Crippen LogP contribution in [0.5, 0.6) is 5.75 Å². The maximum absolute atomic E-state index is 9.62. The Bertz CT molecular complexity index is 1260. The van der Waals surface area contributed by atoms with Crippen LogP contribution >= 0.6 is 0 Å². The summed E-state index contributed by atoms with van der Waals surface area (Å²) in [5, 5.41) is 14.1. The van der Waals surface area contributed by atoms with Crippen molar-refractivity contribution >= 4 is 16.5 Å². The summed E-state index contributed by atoms with van der Waals surface area (Å²) < 4.78 is 19.5. The van der Waals surface area contributed by atoms with Gasteiger partial charge in [0.25, 0.3) is 0 Å². The molecule has 0 aliphatic carbocycles. The largest absolute Gasteiger partial charge is 0.475 e. The molecular formula is C22H22N4O4. The van der Waals surface area contributed by atoms with Crippen LogP contribution in [0.15, 0.2) is 64.6 Å². The summed E-state index contributed by atoms with van der Waals surface area (Å²) in [6, 6.07) is 13.1. The molecule has 0 spiro atoms. The van der Waals surface area contributed by atoms with E-state index in [-0.39, 0.29) is 6.23 Å². The van der Waals surface area contributed by atoms with Gasteiger partial charge in [0.2, 0.25) is 0 Å². The van der Waals surface area contributed by atoms with E-state index >= 15 is 0 Å². The minimum absolute atomic E-state index is 0.0879. The predicted molar refractivity (Wildman–Crippen MR) is 110 cm³/mol. The Morgan fingerprint density at radius 1 is 1.17 bits per heavy atom. The lowest BCUT2D eigenvalue weighted by molar-refractivity contribution is -0.0372. The molecule has 4 heterocycles. The van der Waals surface area contributed by atoms with Crippen molar-refractivity contribution in [1.82, 2.24) is 14.3 Å². The molecule has 0 bridgehead atoms. The van der Waals surface area contributed by atoms with E-state index in [9.17, 15) is 5.21 Å². The Labute approximate surface area is 172 Å². The molecule has 1 fully saturated rings. The molecule has 3 aromatic heterocycles. The molecule has 30 heavy (non-hydrogen) atoms. The summed E-state index contributed by atoms with van der Waals surface area (Å²) in [5.74, 6) is 1.21. The third-order valence-corrected chi connectivity index (χ3v) is 5.36. The molecule has 0 amide bonds. The van der Waals surface area contributed by atoms with Gasteiger partial charge in [-0.1, -0.05) is 5.16 Å². The predicted octanol–water partition coefficient (Wildman–Crippen LogP) is 3.09. The second-order valence-corrected chi connectivity index (χ2v) is 7.23. The number of benzene rings is 1. The Kier molecular flexibility index (Phi) is 4.86. The van der Waals surface area contributed by atoms with E-state index in [1.165, 1.54) is 0 Å². The van der Waals surface area contributed by atoms with Crippen LogP contribution in [-0.4, -0.2) is 52.0 Å². The fraction of sp³-hybridized carbons (Fsp3) is 0.273. The summed E-state index contributed by atoms with van der Waals surface area (Å²) in [6.07, 6.45) is 3.57. The maximum atomic E-state index is 9.62.